The van der Waals surface area contributed by atoms with E-state index in [9.17, 15) is 18.0 Å². The zero-order valence-corrected chi connectivity index (χ0v) is 16.4. The summed E-state index contributed by atoms with van der Waals surface area (Å²) in [7, 11) is -3.93. The first-order chi connectivity index (χ1) is 13.2. The second-order valence-electron chi connectivity index (χ2n) is 6.34. The molecular weight excluding hydrogens is 382 g/mol. The molecule has 0 radical (unpaired) electrons. The fraction of sp³-hybridized carbons (Fsp3) is 0.211. The number of aryl methyl sites for hydroxylation is 1. The molecule has 0 aromatic heterocycles. The number of nitrogens with zero attached hydrogens (tertiary/aromatic N) is 2. The van der Waals surface area contributed by atoms with Crippen LogP contribution in [0.1, 0.15) is 36.8 Å². The van der Waals surface area contributed by atoms with E-state index < -0.39 is 22.2 Å². The summed E-state index contributed by atoms with van der Waals surface area (Å²) in [4.78, 5) is 22.9. The van der Waals surface area contributed by atoms with Gasteiger partial charge >= 0.3 is 0 Å². The number of hydrogen-bond acceptors (Lipinski definition) is 6. The number of carbonyl (C=O) groups excluding carboxylic acids is 2. The first-order valence-corrected chi connectivity index (χ1v) is 9.91. The van der Waals surface area contributed by atoms with Crippen LogP contribution in [0.2, 0.25) is 0 Å². The fourth-order valence-electron chi connectivity index (χ4n) is 2.66. The predicted octanol–water partition coefficient (Wildman–Crippen LogP) is 2.06. The highest BCUT2D eigenvalue weighted by atomic mass is 32.2. The van der Waals surface area contributed by atoms with Crippen LogP contribution in [0.3, 0.4) is 0 Å². The third kappa shape index (κ3) is 4.04. The lowest BCUT2D eigenvalue weighted by molar-refractivity contribution is -0.135. The van der Waals surface area contributed by atoms with Crippen molar-refractivity contribution in [3.63, 3.8) is 0 Å². The molecule has 1 aliphatic heterocycles. The van der Waals surface area contributed by atoms with Crippen molar-refractivity contribution >= 4 is 27.7 Å². The van der Waals surface area contributed by atoms with Gasteiger partial charge in [-0.1, -0.05) is 29.8 Å². The van der Waals surface area contributed by atoms with Gasteiger partial charge in [-0.15, -0.1) is 5.10 Å². The molecule has 2 aromatic carbocycles. The van der Waals surface area contributed by atoms with Gasteiger partial charge in [0.1, 0.15) is 0 Å². The van der Waals surface area contributed by atoms with Gasteiger partial charge in [-0.05, 0) is 31.2 Å². The Kier molecular flexibility index (Phi) is 5.19. The molecule has 1 atom stereocenters. The van der Waals surface area contributed by atoms with Crippen LogP contribution in [0.4, 0.5) is 0 Å². The topological polar surface area (TPSA) is 105 Å². The Bertz CT molecular complexity index is 1040. The van der Waals surface area contributed by atoms with E-state index in [2.05, 4.69) is 5.10 Å². The monoisotopic (exact) mass is 401 g/mol. The normalized spacial score (nSPS) is 16.3. The molecule has 0 bridgehead atoms. The van der Waals surface area contributed by atoms with E-state index in [1.165, 1.54) is 36.2 Å². The number of carbonyl (C=O) groups is 2. The van der Waals surface area contributed by atoms with Crippen molar-refractivity contribution in [1.29, 1.82) is 0 Å². The average Bonchev–Trinajstić information content (AvgIpc) is 3.07. The fourth-order valence-corrected chi connectivity index (χ4v) is 3.65. The number of ether oxygens (including phenoxy) is 1. The first kappa shape index (κ1) is 19.6. The Balaban J connectivity index is 1.87. The van der Waals surface area contributed by atoms with E-state index in [0.29, 0.717) is 5.56 Å². The summed E-state index contributed by atoms with van der Waals surface area (Å²) in [6.07, 6.45) is -0.698. The second-order valence-corrected chi connectivity index (χ2v) is 8.02. The van der Waals surface area contributed by atoms with Gasteiger partial charge in [0.25, 0.3) is 10.0 Å². The van der Waals surface area contributed by atoms with Crippen LogP contribution in [-0.2, 0) is 24.3 Å². The van der Waals surface area contributed by atoms with E-state index >= 15 is 0 Å². The van der Waals surface area contributed by atoms with Crippen molar-refractivity contribution in [2.75, 3.05) is 0 Å². The number of amides is 2. The van der Waals surface area contributed by atoms with Gasteiger partial charge in [0.2, 0.25) is 23.9 Å². The van der Waals surface area contributed by atoms with E-state index in [1.807, 2.05) is 35.9 Å². The summed E-state index contributed by atoms with van der Waals surface area (Å²) in [5.74, 6) is -0.764. The van der Waals surface area contributed by atoms with Gasteiger partial charge in [0, 0.05) is 25.0 Å². The maximum Gasteiger partial charge on any atom is 0.264 e. The van der Waals surface area contributed by atoms with Crippen LogP contribution in [0.15, 0.2) is 58.5 Å². The third-order valence-electron chi connectivity index (χ3n) is 4.02. The predicted molar refractivity (Wildman–Crippen MR) is 102 cm³/mol. The van der Waals surface area contributed by atoms with Crippen LogP contribution in [0, 0.1) is 6.92 Å². The molecule has 8 nitrogen and oxygen atoms in total. The lowest BCUT2D eigenvalue weighted by Crippen LogP contribution is -2.28. The highest BCUT2D eigenvalue weighted by molar-refractivity contribution is 7.90. The van der Waals surface area contributed by atoms with Crippen molar-refractivity contribution in [2.24, 2.45) is 5.10 Å². The van der Waals surface area contributed by atoms with E-state index in [0.717, 1.165) is 18.1 Å². The number of sulfonamides is 1. The van der Waals surface area contributed by atoms with Crippen molar-refractivity contribution in [3.8, 4) is 0 Å². The van der Waals surface area contributed by atoms with Crippen LogP contribution in [0.5, 0.6) is 0 Å². The summed E-state index contributed by atoms with van der Waals surface area (Å²) in [5, 5.41) is 5.48. The standard InChI is InChI=1S/C19H19N3O5S/c1-12-4-6-16(7-5-12)19-22(14(3)24)20-18(27-19)15-8-10-17(11-9-15)28(25,26)21-13(2)23/h4-11,19H,1-3H3,(H,21,23). The number of hydrogen-bond donors (Lipinski definition) is 1. The largest absolute Gasteiger partial charge is 0.446 e. The number of nitrogens with one attached hydrogen (secondary N) is 1. The zero-order chi connectivity index (χ0) is 20.5. The average molecular weight is 401 g/mol. The highest BCUT2D eigenvalue weighted by Crippen LogP contribution is 2.30. The molecule has 3 rings (SSSR count). The van der Waals surface area contributed by atoms with Gasteiger partial charge < -0.3 is 4.74 Å². The maximum absolute atomic E-state index is 12.0. The minimum Gasteiger partial charge on any atom is -0.446 e. The number of hydrazone groups is 1. The molecule has 28 heavy (non-hydrogen) atoms. The van der Waals surface area contributed by atoms with Gasteiger partial charge in [-0.3, -0.25) is 9.59 Å². The molecule has 0 saturated carbocycles. The van der Waals surface area contributed by atoms with Gasteiger partial charge in [-0.25, -0.2) is 13.1 Å². The lowest BCUT2D eigenvalue weighted by atomic mass is 10.1. The Hall–Kier alpha value is -3.20. The molecule has 1 aliphatic rings. The van der Waals surface area contributed by atoms with Crippen molar-refractivity contribution in [1.82, 2.24) is 9.73 Å². The summed E-state index contributed by atoms with van der Waals surface area (Å²) >= 11 is 0. The lowest BCUT2D eigenvalue weighted by Gasteiger charge is -2.19. The molecule has 2 amide bonds. The molecule has 9 heteroatoms. The zero-order valence-electron chi connectivity index (χ0n) is 15.5. The molecule has 1 unspecified atom stereocenters. The molecule has 1 heterocycles. The Morgan fingerprint density at radius 1 is 1.04 bits per heavy atom. The van der Waals surface area contributed by atoms with E-state index in [1.54, 1.807) is 0 Å². The number of rotatable bonds is 4. The summed E-state index contributed by atoms with van der Waals surface area (Å²) in [6, 6.07) is 13.2. The Morgan fingerprint density at radius 3 is 2.18 bits per heavy atom. The van der Waals surface area contributed by atoms with Crippen LogP contribution >= 0.6 is 0 Å². The van der Waals surface area contributed by atoms with Crippen molar-refractivity contribution < 1.29 is 22.7 Å². The number of benzene rings is 2. The highest BCUT2D eigenvalue weighted by Gasteiger charge is 2.33. The van der Waals surface area contributed by atoms with E-state index in [4.69, 9.17) is 4.74 Å². The van der Waals surface area contributed by atoms with E-state index in [-0.39, 0.29) is 16.7 Å². The molecule has 0 spiro atoms. The first-order valence-electron chi connectivity index (χ1n) is 8.43. The van der Waals surface area contributed by atoms with Gasteiger partial charge in [0.05, 0.1) is 4.90 Å². The van der Waals surface area contributed by atoms with Crippen molar-refractivity contribution in [3.05, 3.63) is 65.2 Å². The van der Waals surface area contributed by atoms with Gasteiger partial charge in [-0.2, -0.15) is 5.01 Å². The Morgan fingerprint density at radius 2 is 1.64 bits per heavy atom. The summed E-state index contributed by atoms with van der Waals surface area (Å²) in [6.45, 7) is 4.47. The second kappa shape index (κ2) is 7.43. The SMILES string of the molecule is CC(=O)NS(=O)(=O)c1ccc(C2=NN(C(C)=O)C(c3ccc(C)cc3)O2)cc1. The molecule has 2 aromatic rings. The quantitative estimate of drug-likeness (QED) is 0.844. The molecule has 1 N–H and O–H groups in total. The third-order valence-corrected chi connectivity index (χ3v) is 5.47. The van der Waals surface area contributed by atoms with Crippen LogP contribution in [0.25, 0.3) is 0 Å². The smallest absolute Gasteiger partial charge is 0.264 e. The molecule has 0 saturated heterocycles. The molecular formula is C19H19N3O5S. The van der Waals surface area contributed by atoms with Crippen LogP contribution in [-0.4, -0.2) is 31.1 Å². The molecule has 0 aliphatic carbocycles. The van der Waals surface area contributed by atoms with Crippen LogP contribution < -0.4 is 4.72 Å². The minimum absolute atomic E-state index is 0.0662. The summed E-state index contributed by atoms with van der Waals surface area (Å²) < 4.78 is 31.8. The Labute approximate surface area is 162 Å². The minimum atomic E-state index is -3.93. The van der Waals surface area contributed by atoms with Gasteiger partial charge in [0.15, 0.2) is 0 Å². The summed E-state index contributed by atoms with van der Waals surface area (Å²) in [5.41, 5.74) is 2.35. The molecule has 0 fully saturated rings. The maximum atomic E-state index is 12.0. The van der Waals surface area contributed by atoms with Crippen molar-refractivity contribution in [2.45, 2.75) is 31.9 Å². The molecule has 146 valence electrons.